The van der Waals surface area contributed by atoms with Gasteiger partial charge in [-0.3, -0.25) is 0 Å². The molecule has 1 saturated carbocycles. The van der Waals surface area contributed by atoms with Crippen LogP contribution in [0.25, 0.3) is 11.2 Å². The van der Waals surface area contributed by atoms with E-state index in [9.17, 15) is 9.50 Å². The lowest BCUT2D eigenvalue weighted by Gasteiger charge is -2.14. The Hall–Kier alpha value is -1.58. The third kappa shape index (κ3) is 1.89. The lowest BCUT2D eigenvalue weighted by atomic mass is 10.1. The van der Waals surface area contributed by atoms with Crippen molar-refractivity contribution in [3.63, 3.8) is 0 Å². The summed E-state index contributed by atoms with van der Waals surface area (Å²) in [5, 5.41) is 26.5. The molecule has 0 aliphatic heterocycles. The SMILES string of the molecule is Nc1nc(Cl)c2nnn(C3CC(CO)C(O)C3F)c2n1. The predicted octanol–water partition coefficient (Wildman–Crippen LogP) is -0.291. The number of nitrogens with zero attached hydrogens (tertiary/aromatic N) is 5. The first-order valence-electron chi connectivity index (χ1n) is 5.99. The molecule has 1 aliphatic rings. The van der Waals surface area contributed by atoms with E-state index < -0.39 is 24.2 Å². The average molecular weight is 303 g/mol. The molecule has 0 spiro atoms. The molecule has 0 radical (unpaired) electrons. The maximum absolute atomic E-state index is 14.2. The quantitative estimate of drug-likeness (QED) is 0.651. The van der Waals surface area contributed by atoms with Crippen molar-refractivity contribution in [2.24, 2.45) is 5.92 Å². The fourth-order valence-electron chi connectivity index (χ4n) is 2.52. The van der Waals surface area contributed by atoms with Gasteiger partial charge < -0.3 is 15.9 Å². The fraction of sp³-hybridized carbons (Fsp3) is 0.600. The minimum Gasteiger partial charge on any atom is -0.396 e. The van der Waals surface area contributed by atoms with E-state index in [4.69, 9.17) is 22.4 Å². The normalized spacial score (nSPS) is 30.2. The first-order chi connectivity index (χ1) is 9.52. The standard InChI is InChI=1S/C10H12ClFN6O2/c11-8-6-9(15-10(13)14-8)18(17-16-6)4-1-3(2-19)7(20)5(4)12/h3-5,7,19-20H,1-2H2,(H2,13,14,15). The Bertz CT molecular complexity index is 652. The highest BCUT2D eigenvalue weighted by atomic mass is 35.5. The van der Waals surface area contributed by atoms with Crippen molar-refractivity contribution in [2.45, 2.75) is 24.7 Å². The molecule has 108 valence electrons. The molecule has 4 N–H and O–H groups in total. The first kappa shape index (κ1) is 13.4. The van der Waals surface area contributed by atoms with Gasteiger partial charge in [-0.2, -0.15) is 9.97 Å². The minimum absolute atomic E-state index is 0.0337. The summed E-state index contributed by atoms with van der Waals surface area (Å²) in [4.78, 5) is 7.70. The zero-order valence-electron chi connectivity index (χ0n) is 10.2. The van der Waals surface area contributed by atoms with Crippen LogP contribution in [0.4, 0.5) is 10.3 Å². The van der Waals surface area contributed by atoms with Crippen molar-refractivity contribution < 1.29 is 14.6 Å². The molecular weight excluding hydrogens is 291 g/mol. The molecule has 8 nitrogen and oxygen atoms in total. The van der Waals surface area contributed by atoms with E-state index in [0.717, 1.165) is 0 Å². The summed E-state index contributed by atoms with van der Waals surface area (Å²) in [6.07, 6.45) is -2.61. The number of aliphatic hydroxyl groups is 2. The summed E-state index contributed by atoms with van der Waals surface area (Å²) in [5.41, 5.74) is 5.93. The molecule has 20 heavy (non-hydrogen) atoms. The number of nitrogen functional groups attached to an aromatic ring is 1. The summed E-state index contributed by atoms with van der Waals surface area (Å²) in [7, 11) is 0. The van der Waals surface area contributed by atoms with Crippen molar-refractivity contribution in [1.29, 1.82) is 0 Å². The van der Waals surface area contributed by atoms with Crippen molar-refractivity contribution >= 4 is 28.7 Å². The monoisotopic (exact) mass is 302 g/mol. The van der Waals surface area contributed by atoms with Gasteiger partial charge in [-0.05, 0) is 6.42 Å². The van der Waals surface area contributed by atoms with Gasteiger partial charge in [0.2, 0.25) is 5.95 Å². The van der Waals surface area contributed by atoms with Gasteiger partial charge in [-0.25, -0.2) is 9.07 Å². The van der Waals surface area contributed by atoms with Crippen LogP contribution >= 0.6 is 11.6 Å². The summed E-state index contributed by atoms with van der Waals surface area (Å²) >= 11 is 5.87. The largest absolute Gasteiger partial charge is 0.396 e. The van der Waals surface area contributed by atoms with E-state index in [1.807, 2.05) is 0 Å². The van der Waals surface area contributed by atoms with Gasteiger partial charge in [-0.15, -0.1) is 5.10 Å². The average Bonchev–Trinajstić information content (AvgIpc) is 2.93. The lowest BCUT2D eigenvalue weighted by molar-refractivity contribution is 0.0392. The molecule has 0 amide bonds. The molecule has 0 aromatic carbocycles. The van der Waals surface area contributed by atoms with E-state index in [-0.39, 0.29) is 35.3 Å². The number of rotatable bonds is 2. The van der Waals surface area contributed by atoms with Crippen molar-refractivity contribution in [3.8, 4) is 0 Å². The molecule has 0 bridgehead atoms. The summed E-state index contributed by atoms with van der Waals surface area (Å²) < 4.78 is 15.4. The zero-order valence-corrected chi connectivity index (χ0v) is 10.9. The minimum atomic E-state index is -1.58. The van der Waals surface area contributed by atoms with Gasteiger partial charge in [0.05, 0.1) is 12.1 Å². The number of hydrogen-bond acceptors (Lipinski definition) is 7. The second-order valence-corrected chi connectivity index (χ2v) is 5.12. The fourth-order valence-corrected chi connectivity index (χ4v) is 2.73. The molecule has 2 aromatic heterocycles. The number of alkyl halides is 1. The van der Waals surface area contributed by atoms with Crippen molar-refractivity contribution in [2.75, 3.05) is 12.3 Å². The van der Waals surface area contributed by atoms with Gasteiger partial charge in [0.1, 0.15) is 6.17 Å². The molecule has 4 unspecified atom stereocenters. The van der Waals surface area contributed by atoms with E-state index in [1.165, 1.54) is 4.68 Å². The smallest absolute Gasteiger partial charge is 0.223 e. The maximum atomic E-state index is 14.2. The molecule has 10 heteroatoms. The molecule has 2 heterocycles. The van der Waals surface area contributed by atoms with E-state index in [0.29, 0.717) is 0 Å². The van der Waals surface area contributed by atoms with Crippen LogP contribution in [-0.2, 0) is 0 Å². The van der Waals surface area contributed by atoms with Gasteiger partial charge in [-0.1, -0.05) is 16.8 Å². The van der Waals surface area contributed by atoms with E-state index in [2.05, 4.69) is 20.3 Å². The maximum Gasteiger partial charge on any atom is 0.223 e. The third-order valence-corrected chi connectivity index (χ3v) is 3.83. The zero-order chi connectivity index (χ0) is 14.4. The molecule has 4 atom stereocenters. The first-order valence-corrected chi connectivity index (χ1v) is 6.37. The molecule has 1 aliphatic carbocycles. The van der Waals surface area contributed by atoms with Crippen LogP contribution in [0.2, 0.25) is 5.15 Å². The van der Waals surface area contributed by atoms with Crippen LogP contribution in [0.15, 0.2) is 0 Å². The summed E-state index contributed by atoms with van der Waals surface area (Å²) in [5.74, 6) is -0.623. The number of fused-ring (bicyclic) bond motifs is 1. The lowest BCUT2D eigenvalue weighted by Crippen LogP contribution is -2.27. The number of anilines is 1. The highest BCUT2D eigenvalue weighted by Crippen LogP contribution is 2.38. The Labute approximate surface area is 117 Å². The van der Waals surface area contributed by atoms with Crippen LogP contribution < -0.4 is 5.73 Å². The highest BCUT2D eigenvalue weighted by molar-refractivity contribution is 6.33. The van der Waals surface area contributed by atoms with Gasteiger partial charge in [0.25, 0.3) is 0 Å². The number of halogens is 2. The predicted molar refractivity (Wildman–Crippen MR) is 67.7 cm³/mol. The van der Waals surface area contributed by atoms with Crippen molar-refractivity contribution in [1.82, 2.24) is 25.0 Å². The number of hydrogen-bond donors (Lipinski definition) is 3. The molecular formula is C10H12ClFN6O2. The third-order valence-electron chi connectivity index (χ3n) is 3.57. The molecule has 0 saturated heterocycles. The highest BCUT2D eigenvalue weighted by Gasteiger charge is 2.44. The van der Waals surface area contributed by atoms with Crippen LogP contribution in [0.1, 0.15) is 12.5 Å². The number of aliphatic hydroxyl groups excluding tert-OH is 2. The van der Waals surface area contributed by atoms with Crippen LogP contribution in [0.5, 0.6) is 0 Å². The second-order valence-electron chi connectivity index (χ2n) is 4.76. The Balaban J connectivity index is 2.07. The Morgan fingerprint density at radius 2 is 2.20 bits per heavy atom. The Morgan fingerprint density at radius 1 is 1.45 bits per heavy atom. The number of nitrogens with two attached hydrogens (primary N) is 1. The van der Waals surface area contributed by atoms with E-state index >= 15 is 0 Å². The second kappa shape index (κ2) is 4.76. The van der Waals surface area contributed by atoms with Crippen LogP contribution in [0, 0.1) is 5.92 Å². The summed E-state index contributed by atoms with van der Waals surface area (Å²) in [6, 6.07) is -0.780. The molecule has 1 fully saturated rings. The topological polar surface area (TPSA) is 123 Å². The number of aromatic nitrogens is 5. The van der Waals surface area contributed by atoms with Gasteiger partial charge in [0.15, 0.2) is 16.3 Å². The van der Waals surface area contributed by atoms with Crippen molar-refractivity contribution in [3.05, 3.63) is 5.15 Å². The van der Waals surface area contributed by atoms with Gasteiger partial charge in [0, 0.05) is 12.5 Å². The molecule has 3 rings (SSSR count). The Kier molecular flexibility index (Phi) is 3.19. The summed E-state index contributed by atoms with van der Waals surface area (Å²) in [6.45, 7) is -0.303. The molecule has 2 aromatic rings. The van der Waals surface area contributed by atoms with E-state index in [1.54, 1.807) is 0 Å². The Morgan fingerprint density at radius 3 is 2.85 bits per heavy atom. The van der Waals surface area contributed by atoms with Crippen LogP contribution in [0.3, 0.4) is 0 Å². The van der Waals surface area contributed by atoms with Crippen LogP contribution in [-0.4, -0.2) is 54.1 Å². The van der Waals surface area contributed by atoms with Gasteiger partial charge >= 0.3 is 0 Å².